The molecule has 0 saturated carbocycles. The summed E-state index contributed by atoms with van der Waals surface area (Å²) in [6.07, 6.45) is 4.22. The first-order chi connectivity index (χ1) is 9.20. The number of likely N-dealkylation sites (tertiary alicyclic amines) is 1. The first-order valence-electron chi connectivity index (χ1n) is 7.14. The second-order valence-electron chi connectivity index (χ2n) is 5.48. The molecular formula is C15H25N3O. The van der Waals surface area contributed by atoms with Crippen LogP contribution in [0.2, 0.25) is 0 Å². The van der Waals surface area contributed by atoms with Crippen LogP contribution in [0.3, 0.4) is 0 Å². The largest absolute Gasteiger partial charge is 0.395 e. The van der Waals surface area contributed by atoms with Crippen molar-refractivity contribution in [1.29, 1.82) is 0 Å². The lowest BCUT2D eigenvalue weighted by atomic mass is 10.0. The van der Waals surface area contributed by atoms with Crippen LogP contribution in [0.25, 0.3) is 0 Å². The van der Waals surface area contributed by atoms with E-state index in [0.717, 1.165) is 31.9 Å². The first-order valence-corrected chi connectivity index (χ1v) is 7.14. The van der Waals surface area contributed by atoms with E-state index in [0.29, 0.717) is 6.04 Å². The molecule has 4 heteroatoms. The van der Waals surface area contributed by atoms with E-state index in [1.807, 2.05) is 12.3 Å². The normalized spacial score (nSPS) is 18.1. The Hall–Kier alpha value is -0.970. The minimum absolute atomic E-state index is 0.228. The summed E-state index contributed by atoms with van der Waals surface area (Å²) in [4.78, 5) is 9.14. The molecule has 2 rings (SSSR count). The van der Waals surface area contributed by atoms with Crippen LogP contribution < -0.4 is 0 Å². The Kier molecular flexibility index (Phi) is 5.31. The molecule has 1 aliphatic rings. The minimum Gasteiger partial charge on any atom is -0.395 e. The standard InChI is InChI=1S/C15H25N3O/c1-13-14(4-3-7-16-13)12-18(10-11-19)15-5-8-17(2)9-6-15/h3-4,7,15,19H,5-6,8-12H2,1-2H3. The minimum atomic E-state index is 0.228. The number of aliphatic hydroxyl groups excluding tert-OH is 1. The van der Waals surface area contributed by atoms with Gasteiger partial charge in [-0.2, -0.15) is 0 Å². The Labute approximate surface area is 116 Å². The maximum Gasteiger partial charge on any atom is 0.0558 e. The topological polar surface area (TPSA) is 39.6 Å². The lowest BCUT2D eigenvalue weighted by Crippen LogP contribution is -2.44. The lowest BCUT2D eigenvalue weighted by Gasteiger charge is -2.37. The van der Waals surface area contributed by atoms with Gasteiger partial charge in [0.15, 0.2) is 0 Å². The van der Waals surface area contributed by atoms with Crippen molar-refractivity contribution in [3.63, 3.8) is 0 Å². The molecule has 2 heterocycles. The van der Waals surface area contributed by atoms with Gasteiger partial charge < -0.3 is 10.0 Å². The molecule has 1 aliphatic heterocycles. The monoisotopic (exact) mass is 263 g/mol. The third-order valence-electron chi connectivity index (χ3n) is 4.08. The van der Waals surface area contributed by atoms with Gasteiger partial charge in [0.25, 0.3) is 0 Å². The van der Waals surface area contributed by atoms with Gasteiger partial charge >= 0.3 is 0 Å². The van der Waals surface area contributed by atoms with Crippen LogP contribution in [0.4, 0.5) is 0 Å². The molecule has 0 amide bonds. The Balaban J connectivity index is 2.02. The molecule has 0 unspecified atom stereocenters. The Morgan fingerprint density at radius 3 is 2.79 bits per heavy atom. The summed E-state index contributed by atoms with van der Waals surface area (Å²) in [5.74, 6) is 0. The number of aliphatic hydroxyl groups is 1. The summed E-state index contributed by atoms with van der Waals surface area (Å²) in [5.41, 5.74) is 2.37. The predicted molar refractivity (Wildman–Crippen MR) is 77.0 cm³/mol. The smallest absolute Gasteiger partial charge is 0.0558 e. The van der Waals surface area contributed by atoms with Crippen LogP contribution in [0.1, 0.15) is 24.1 Å². The highest BCUT2D eigenvalue weighted by atomic mass is 16.3. The highest BCUT2D eigenvalue weighted by molar-refractivity contribution is 5.18. The van der Waals surface area contributed by atoms with E-state index >= 15 is 0 Å². The number of rotatable bonds is 5. The number of aryl methyl sites for hydroxylation is 1. The maximum absolute atomic E-state index is 9.30. The Bertz CT molecular complexity index is 389. The molecule has 1 aromatic rings. The van der Waals surface area contributed by atoms with Crippen LogP contribution in [0.15, 0.2) is 18.3 Å². The second kappa shape index (κ2) is 6.98. The molecule has 0 aromatic carbocycles. The van der Waals surface area contributed by atoms with Crippen LogP contribution in [-0.2, 0) is 6.54 Å². The molecule has 0 radical (unpaired) electrons. The van der Waals surface area contributed by atoms with Gasteiger partial charge in [0.05, 0.1) is 6.61 Å². The summed E-state index contributed by atoms with van der Waals surface area (Å²) in [7, 11) is 2.18. The Morgan fingerprint density at radius 2 is 2.16 bits per heavy atom. The van der Waals surface area contributed by atoms with Crippen molar-refractivity contribution in [2.24, 2.45) is 0 Å². The van der Waals surface area contributed by atoms with Crippen molar-refractivity contribution in [2.45, 2.75) is 32.4 Å². The van der Waals surface area contributed by atoms with E-state index in [9.17, 15) is 5.11 Å². The maximum atomic E-state index is 9.30. The fraction of sp³-hybridized carbons (Fsp3) is 0.667. The highest BCUT2D eigenvalue weighted by Crippen LogP contribution is 2.18. The zero-order valence-electron chi connectivity index (χ0n) is 12.0. The van der Waals surface area contributed by atoms with Crippen molar-refractivity contribution < 1.29 is 5.11 Å². The quantitative estimate of drug-likeness (QED) is 0.868. The molecule has 0 spiro atoms. The van der Waals surface area contributed by atoms with E-state index < -0.39 is 0 Å². The summed E-state index contributed by atoms with van der Waals surface area (Å²) < 4.78 is 0. The van der Waals surface area contributed by atoms with Gasteiger partial charge in [-0.25, -0.2) is 0 Å². The Morgan fingerprint density at radius 1 is 1.42 bits per heavy atom. The molecule has 1 fully saturated rings. The van der Waals surface area contributed by atoms with Crippen molar-refractivity contribution in [1.82, 2.24) is 14.8 Å². The molecule has 1 saturated heterocycles. The summed E-state index contributed by atoms with van der Waals surface area (Å²) in [5, 5.41) is 9.30. The van der Waals surface area contributed by atoms with E-state index in [-0.39, 0.29) is 6.61 Å². The highest BCUT2D eigenvalue weighted by Gasteiger charge is 2.23. The van der Waals surface area contributed by atoms with Crippen LogP contribution in [-0.4, -0.2) is 59.2 Å². The first kappa shape index (κ1) is 14.4. The fourth-order valence-electron chi connectivity index (χ4n) is 2.78. The third kappa shape index (κ3) is 4.00. The zero-order valence-corrected chi connectivity index (χ0v) is 12.0. The molecule has 1 aromatic heterocycles. The molecule has 1 N–H and O–H groups in total. The van der Waals surface area contributed by atoms with E-state index in [1.165, 1.54) is 18.4 Å². The van der Waals surface area contributed by atoms with Crippen molar-refractivity contribution in [3.8, 4) is 0 Å². The van der Waals surface area contributed by atoms with E-state index in [1.54, 1.807) is 0 Å². The number of nitrogens with zero attached hydrogens (tertiary/aromatic N) is 3. The van der Waals surface area contributed by atoms with Gasteiger partial charge in [0.2, 0.25) is 0 Å². The molecule has 4 nitrogen and oxygen atoms in total. The van der Waals surface area contributed by atoms with Crippen LogP contribution >= 0.6 is 0 Å². The van der Waals surface area contributed by atoms with Crippen LogP contribution in [0.5, 0.6) is 0 Å². The van der Waals surface area contributed by atoms with Crippen molar-refractivity contribution in [2.75, 3.05) is 33.3 Å². The fourth-order valence-corrected chi connectivity index (χ4v) is 2.78. The van der Waals surface area contributed by atoms with Gasteiger partial charge in [0.1, 0.15) is 0 Å². The van der Waals surface area contributed by atoms with Crippen molar-refractivity contribution in [3.05, 3.63) is 29.6 Å². The molecule has 0 atom stereocenters. The number of hydrogen-bond donors (Lipinski definition) is 1. The molecule has 19 heavy (non-hydrogen) atoms. The molecule has 0 aliphatic carbocycles. The van der Waals surface area contributed by atoms with Gasteiger partial charge in [-0.05, 0) is 51.5 Å². The van der Waals surface area contributed by atoms with E-state index in [2.05, 4.69) is 34.8 Å². The predicted octanol–water partition coefficient (Wildman–Crippen LogP) is 1.28. The van der Waals surface area contributed by atoms with E-state index in [4.69, 9.17) is 0 Å². The average Bonchev–Trinajstić information content (AvgIpc) is 2.42. The summed E-state index contributed by atoms with van der Waals surface area (Å²) in [6.45, 7) is 6.24. The van der Waals surface area contributed by atoms with Gasteiger partial charge in [-0.3, -0.25) is 9.88 Å². The number of aromatic nitrogens is 1. The number of piperidine rings is 1. The van der Waals surface area contributed by atoms with Gasteiger partial charge in [-0.1, -0.05) is 6.07 Å². The third-order valence-corrected chi connectivity index (χ3v) is 4.08. The lowest BCUT2D eigenvalue weighted by molar-refractivity contribution is 0.0939. The zero-order chi connectivity index (χ0) is 13.7. The van der Waals surface area contributed by atoms with Crippen molar-refractivity contribution >= 4 is 0 Å². The number of hydrogen-bond acceptors (Lipinski definition) is 4. The molecular weight excluding hydrogens is 238 g/mol. The molecule has 0 bridgehead atoms. The average molecular weight is 263 g/mol. The number of pyridine rings is 1. The SMILES string of the molecule is Cc1ncccc1CN(CCO)C1CCN(C)CC1. The molecule has 106 valence electrons. The summed E-state index contributed by atoms with van der Waals surface area (Å²) in [6, 6.07) is 4.72. The second-order valence-corrected chi connectivity index (χ2v) is 5.48. The summed E-state index contributed by atoms with van der Waals surface area (Å²) >= 11 is 0. The van der Waals surface area contributed by atoms with Crippen LogP contribution in [0, 0.1) is 6.92 Å². The van der Waals surface area contributed by atoms with Gasteiger partial charge in [-0.15, -0.1) is 0 Å². The van der Waals surface area contributed by atoms with Gasteiger partial charge in [0, 0.05) is 31.0 Å².